The number of carboxylic acid groups (broad SMARTS) is 1. The molecular weight excluding hydrogens is 322 g/mol. The van der Waals surface area contributed by atoms with Crippen LogP contribution >= 0.6 is 0 Å². The van der Waals surface area contributed by atoms with Gasteiger partial charge in [-0.1, -0.05) is 6.07 Å². The predicted octanol–water partition coefficient (Wildman–Crippen LogP) is 1.29. The van der Waals surface area contributed by atoms with Crippen LogP contribution in [0.3, 0.4) is 0 Å². The van der Waals surface area contributed by atoms with Crippen LogP contribution in [0.1, 0.15) is 19.3 Å². The molecule has 1 aromatic carbocycles. The number of halogens is 2. The molecule has 0 aliphatic carbocycles. The van der Waals surface area contributed by atoms with Crippen LogP contribution in [0.5, 0.6) is 0 Å². The minimum atomic E-state index is -1.08. The van der Waals surface area contributed by atoms with Gasteiger partial charge in [0.05, 0.1) is 0 Å². The second-order valence-corrected chi connectivity index (χ2v) is 6.04. The van der Waals surface area contributed by atoms with E-state index >= 15 is 0 Å². The maximum Gasteiger partial charge on any atom is 0.332 e. The fourth-order valence-corrected chi connectivity index (χ4v) is 3.18. The molecule has 0 saturated carbocycles. The third kappa shape index (κ3) is 3.33. The molecule has 2 aliphatic rings. The first kappa shape index (κ1) is 16.6. The normalized spacial score (nSPS) is 26.6. The van der Waals surface area contributed by atoms with Gasteiger partial charge in [0.2, 0.25) is 5.91 Å². The van der Waals surface area contributed by atoms with Crippen molar-refractivity contribution in [3.05, 3.63) is 29.8 Å². The van der Waals surface area contributed by atoms with Crippen molar-refractivity contribution in [2.75, 3.05) is 18.0 Å². The summed E-state index contributed by atoms with van der Waals surface area (Å²) in [6.07, 6.45) is -0.542. The van der Waals surface area contributed by atoms with Crippen LogP contribution in [0.15, 0.2) is 18.2 Å². The number of ether oxygens (including phenoxy) is 1. The molecule has 2 N–H and O–H groups in total. The van der Waals surface area contributed by atoms with E-state index in [1.54, 1.807) is 4.90 Å². The number of carbonyl (C=O) groups is 2. The minimum absolute atomic E-state index is 0.0858. The monoisotopic (exact) mass is 340 g/mol. The molecule has 1 aromatic rings. The third-order valence-electron chi connectivity index (χ3n) is 4.38. The fraction of sp³-hybridized carbons (Fsp3) is 0.500. The number of aliphatic carboxylic acids is 1. The van der Waals surface area contributed by atoms with Crippen molar-refractivity contribution in [1.82, 2.24) is 5.32 Å². The van der Waals surface area contributed by atoms with Gasteiger partial charge in [0.15, 0.2) is 6.10 Å². The molecule has 1 unspecified atom stereocenters. The Labute approximate surface area is 137 Å². The van der Waals surface area contributed by atoms with Crippen molar-refractivity contribution in [2.24, 2.45) is 0 Å². The number of nitrogens with one attached hydrogen (secondary N) is 1. The summed E-state index contributed by atoms with van der Waals surface area (Å²) < 4.78 is 32.8. The van der Waals surface area contributed by atoms with E-state index in [4.69, 9.17) is 9.84 Å². The molecule has 130 valence electrons. The molecular formula is C16H18F2N2O4. The summed E-state index contributed by atoms with van der Waals surface area (Å²) in [5.41, 5.74) is -0.0858. The van der Waals surface area contributed by atoms with Gasteiger partial charge >= 0.3 is 5.97 Å². The molecule has 0 bridgehead atoms. The number of carbonyl (C=O) groups excluding carboxylic acids is 1. The van der Waals surface area contributed by atoms with Crippen LogP contribution in [-0.4, -0.2) is 48.3 Å². The van der Waals surface area contributed by atoms with Crippen LogP contribution in [-0.2, 0) is 14.3 Å². The van der Waals surface area contributed by atoms with Gasteiger partial charge in [-0.25, -0.2) is 13.6 Å². The molecule has 3 rings (SSSR count). The van der Waals surface area contributed by atoms with E-state index in [1.165, 1.54) is 18.2 Å². The van der Waals surface area contributed by atoms with Crippen molar-refractivity contribution in [1.29, 1.82) is 0 Å². The zero-order chi connectivity index (χ0) is 17.3. The molecule has 2 saturated heterocycles. The van der Waals surface area contributed by atoms with Crippen LogP contribution in [0.25, 0.3) is 0 Å². The van der Waals surface area contributed by atoms with Crippen LogP contribution < -0.4 is 10.2 Å². The number of anilines is 1. The van der Waals surface area contributed by atoms with E-state index in [-0.39, 0.29) is 17.6 Å². The highest BCUT2D eigenvalue weighted by Crippen LogP contribution is 2.27. The average Bonchev–Trinajstić information content (AvgIpc) is 3.16. The van der Waals surface area contributed by atoms with Crippen molar-refractivity contribution in [3.8, 4) is 0 Å². The minimum Gasteiger partial charge on any atom is -0.479 e. The Morgan fingerprint density at radius 1 is 1.17 bits per heavy atom. The fourth-order valence-electron chi connectivity index (χ4n) is 3.18. The van der Waals surface area contributed by atoms with Crippen molar-refractivity contribution in [3.63, 3.8) is 0 Å². The Hall–Kier alpha value is -2.22. The Bertz CT molecular complexity index is 635. The second-order valence-electron chi connectivity index (χ2n) is 6.04. The van der Waals surface area contributed by atoms with Crippen molar-refractivity contribution in [2.45, 2.75) is 37.5 Å². The second kappa shape index (κ2) is 6.72. The molecule has 0 radical (unpaired) electrons. The molecule has 0 spiro atoms. The summed E-state index contributed by atoms with van der Waals surface area (Å²) >= 11 is 0. The molecule has 2 aliphatic heterocycles. The smallest absolute Gasteiger partial charge is 0.332 e. The summed E-state index contributed by atoms with van der Waals surface area (Å²) in [6, 6.07) is 3.44. The van der Waals surface area contributed by atoms with E-state index in [0.29, 0.717) is 32.4 Å². The standard InChI is InChI=1S/C16H18F2N2O4/c17-10-2-1-3-11(18)14(10)20-7-6-9(8-20)19-15(21)12-4-5-13(24-12)16(22)23/h1-3,9,12-13H,4-8H2,(H,19,21)(H,22,23)/t9?,12-,13+/m0/s1. The number of hydrogen-bond acceptors (Lipinski definition) is 4. The number of amides is 1. The zero-order valence-corrected chi connectivity index (χ0v) is 12.9. The van der Waals surface area contributed by atoms with Crippen molar-refractivity contribution < 1.29 is 28.2 Å². The first-order valence-corrected chi connectivity index (χ1v) is 7.83. The number of rotatable bonds is 4. The van der Waals surface area contributed by atoms with Crippen molar-refractivity contribution >= 4 is 17.6 Å². The zero-order valence-electron chi connectivity index (χ0n) is 12.9. The van der Waals surface area contributed by atoms with Gasteiger partial charge in [-0.2, -0.15) is 0 Å². The molecule has 8 heteroatoms. The molecule has 6 nitrogen and oxygen atoms in total. The van der Waals surface area contributed by atoms with Crippen LogP contribution in [0.2, 0.25) is 0 Å². The van der Waals surface area contributed by atoms with E-state index < -0.39 is 29.8 Å². The lowest BCUT2D eigenvalue weighted by Gasteiger charge is -2.21. The van der Waals surface area contributed by atoms with Gasteiger partial charge in [0.25, 0.3) is 0 Å². The van der Waals surface area contributed by atoms with Gasteiger partial charge in [-0.3, -0.25) is 4.79 Å². The average molecular weight is 340 g/mol. The number of benzene rings is 1. The molecule has 2 heterocycles. The van der Waals surface area contributed by atoms with E-state index in [9.17, 15) is 18.4 Å². The van der Waals surface area contributed by atoms with Gasteiger partial charge in [-0.15, -0.1) is 0 Å². The summed E-state index contributed by atoms with van der Waals surface area (Å²) in [5, 5.41) is 11.7. The molecule has 24 heavy (non-hydrogen) atoms. The number of hydrogen-bond donors (Lipinski definition) is 2. The lowest BCUT2D eigenvalue weighted by molar-refractivity contribution is -0.151. The number of para-hydroxylation sites is 1. The summed E-state index contributed by atoms with van der Waals surface area (Å²) in [4.78, 5) is 24.6. The maximum atomic E-state index is 13.8. The largest absolute Gasteiger partial charge is 0.479 e. The summed E-state index contributed by atoms with van der Waals surface area (Å²) in [5.74, 6) is -2.72. The van der Waals surface area contributed by atoms with E-state index in [0.717, 1.165) is 0 Å². The molecule has 2 fully saturated rings. The highest BCUT2D eigenvalue weighted by Gasteiger charge is 2.36. The first-order chi connectivity index (χ1) is 11.5. The number of nitrogens with zero attached hydrogens (tertiary/aromatic N) is 1. The summed E-state index contributed by atoms with van der Waals surface area (Å²) in [6.45, 7) is 0.713. The molecule has 0 aromatic heterocycles. The van der Waals surface area contributed by atoms with E-state index in [2.05, 4.69) is 5.32 Å². The third-order valence-corrected chi connectivity index (χ3v) is 4.38. The van der Waals surface area contributed by atoms with Gasteiger partial charge < -0.3 is 20.1 Å². The van der Waals surface area contributed by atoms with Crippen LogP contribution in [0.4, 0.5) is 14.5 Å². The molecule has 1 amide bonds. The number of carboxylic acids is 1. The first-order valence-electron chi connectivity index (χ1n) is 7.83. The lowest BCUT2D eigenvalue weighted by Crippen LogP contribution is -2.43. The predicted molar refractivity (Wildman–Crippen MR) is 80.6 cm³/mol. The Balaban J connectivity index is 1.57. The maximum absolute atomic E-state index is 13.8. The Morgan fingerprint density at radius 3 is 2.46 bits per heavy atom. The SMILES string of the molecule is O=C(NC1CCN(c2c(F)cccc2F)C1)[C@@H]1CC[C@H](C(=O)O)O1. The Morgan fingerprint density at radius 2 is 1.83 bits per heavy atom. The van der Waals surface area contributed by atoms with Gasteiger partial charge in [-0.05, 0) is 31.4 Å². The lowest BCUT2D eigenvalue weighted by atomic mass is 10.1. The summed E-state index contributed by atoms with van der Waals surface area (Å²) in [7, 11) is 0. The highest BCUT2D eigenvalue weighted by molar-refractivity contribution is 5.83. The topological polar surface area (TPSA) is 78.9 Å². The van der Waals surface area contributed by atoms with Gasteiger partial charge in [0.1, 0.15) is 23.4 Å². The Kier molecular flexibility index (Phi) is 4.66. The van der Waals surface area contributed by atoms with Gasteiger partial charge in [0, 0.05) is 19.1 Å². The van der Waals surface area contributed by atoms with Crippen LogP contribution in [0, 0.1) is 11.6 Å². The molecule has 3 atom stereocenters. The quantitative estimate of drug-likeness (QED) is 0.864. The van der Waals surface area contributed by atoms with E-state index in [1.807, 2.05) is 0 Å². The highest BCUT2D eigenvalue weighted by atomic mass is 19.1.